The first-order valence-electron chi connectivity index (χ1n) is 18.2. The number of benzene rings is 2. The number of halogens is 2. The number of piperidine rings is 2. The lowest BCUT2D eigenvalue weighted by atomic mass is 9.76. The second-order valence-electron chi connectivity index (χ2n) is 14.5. The Labute approximate surface area is 323 Å². The molecule has 0 saturated carbocycles. The van der Waals surface area contributed by atoms with Crippen LogP contribution in [-0.2, 0) is 15.7 Å². The topological polar surface area (TPSA) is 159 Å². The van der Waals surface area contributed by atoms with Gasteiger partial charge in [0.05, 0.1) is 39.9 Å². The summed E-state index contributed by atoms with van der Waals surface area (Å²) in [6, 6.07) is 14.7. The monoisotopic (exact) mass is 775 g/mol. The van der Waals surface area contributed by atoms with Crippen LogP contribution in [0, 0.1) is 5.92 Å². The molecule has 2 unspecified atom stereocenters. The zero-order valence-electron chi connectivity index (χ0n) is 30.0. The van der Waals surface area contributed by atoms with Crippen LogP contribution in [0.2, 0.25) is 10.0 Å². The van der Waals surface area contributed by atoms with Crippen LogP contribution in [-0.4, -0.2) is 116 Å². The zero-order chi connectivity index (χ0) is 37.9. The first-order chi connectivity index (χ1) is 26.1. The van der Waals surface area contributed by atoms with E-state index in [9.17, 15) is 19.5 Å². The van der Waals surface area contributed by atoms with Crippen LogP contribution < -0.4 is 10.1 Å². The number of pyridine rings is 1. The van der Waals surface area contributed by atoms with Crippen LogP contribution in [0.3, 0.4) is 0 Å². The molecule has 4 aromatic rings. The molecule has 3 aliphatic heterocycles. The first-order valence-corrected chi connectivity index (χ1v) is 18.9. The Morgan fingerprint density at radius 1 is 0.981 bits per heavy atom. The molecule has 0 aliphatic carbocycles. The normalized spacial score (nSPS) is 21.5. The van der Waals surface area contributed by atoms with Gasteiger partial charge in [0.25, 0.3) is 5.91 Å². The van der Waals surface area contributed by atoms with E-state index in [0.717, 1.165) is 30.5 Å². The highest BCUT2D eigenvalue weighted by Gasteiger charge is 2.44. The van der Waals surface area contributed by atoms with Gasteiger partial charge in [0, 0.05) is 57.1 Å². The number of likely N-dealkylation sites (tertiary alicyclic amines) is 3. The van der Waals surface area contributed by atoms with Crippen molar-refractivity contribution >= 4 is 41.1 Å². The van der Waals surface area contributed by atoms with Crippen molar-refractivity contribution in [2.45, 2.75) is 49.5 Å². The average molecular weight is 777 g/mol. The Kier molecular flexibility index (Phi) is 11.0. The number of carboxylic acid groups (broad SMARTS) is 1. The fourth-order valence-corrected chi connectivity index (χ4v) is 8.52. The van der Waals surface area contributed by atoms with Crippen LogP contribution >= 0.6 is 23.2 Å². The van der Waals surface area contributed by atoms with Crippen LogP contribution in [0.1, 0.15) is 60.0 Å². The van der Waals surface area contributed by atoms with Gasteiger partial charge in [0.1, 0.15) is 12.1 Å². The summed E-state index contributed by atoms with van der Waals surface area (Å²) in [5.74, 6) is -1.12. The molecule has 16 heteroatoms. The number of aromatic nitrogens is 5. The van der Waals surface area contributed by atoms with Crippen molar-refractivity contribution in [2.75, 3.05) is 52.9 Å². The third-order valence-corrected chi connectivity index (χ3v) is 12.2. The molecule has 2 aromatic carbocycles. The van der Waals surface area contributed by atoms with E-state index in [1.165, 1.54) is 11.0 Å². The summed E-state index contributed by atoms with van der Waals surface area (Å²) in [7, 11) is 1.54. The number of tetrazole rings is 1. The SMILES string of the molecule is COc1ccc(-n2cnnn2)cc1C(=O)N1CCC(CCN2CCC(NC(=O)N3CCCC(C(=O)O)C3)(c3cccnc3)CC2)(c2ccc(Cl)c(Cl)c2)C1. The molecule has 5 heterocycles. The Balaban J connectivity index is 1.08. The van der Waals surface area contributed by atoms with Gasteiger partial charge >= 0.3 is 12.0 Å². The zero-order valence-corrected chi connectivity index (χ0v) is 31.5. The molecule has 0 spiro atoms. The van der Waals surface area contributed by atoms with Crippen molar-refractivity contribution < 1.29 is 24.2 Å². The maximum Gasteiger partial charge on any atom is 0.318 e. The van der Waals surface area contributed by atoms with E-state index in [0.29, 0.717) is 85.5 Å². The molecule has 54 heavy (non-hydrogen) atoms. The van der Waals surface area contributed by atoms with Gasteiger partial charge in [-0.2, -0.15) is 0 Å². The fraction of sp³-hybridized carbons (Fsp3) is 0.447. The summed E-state index contributed by atoms with van der Waals surface area (Å²) < 4.78 is 7.10. The number of methoxy groups -OCH3 is 1. The molecule has 0 radical (unpaired) electrons. The minimum Gasteiger partial charge on any atom is -0.496 e. The summed E-state index contributed by atoms with van der Waals surface area (Å²) in [6.07, 6.45) is 9.02. The number of carboxylic acids is 1. The third-order valence-electron chi connectivity index (χ3n) is 11.4. The molecule has 7 rings (SSSR count). The van der Waals surface area contributed by atoms with Crippen molar-refractivity contribution in [1.82, 2.24) is 45.2 Å². The van der Waals surface area contributed by atoms with Gasteiger partial charge < -0.3 is 29.9 Å². The molecular weight excluding hydrogens is 733 g/mol. The number of hydrogen-bond acceptors (Lipinski definition) is 9. The number of hydrogen-bond donors (Lipinski definition) is 2. The predicted molar refractivity (Wildman–Crippen MR) is 201 cm³/mol. The maximum absolute atomic E-state index is 14.2. The molecule has 3 aliphatic rings. The fourth-order valence-electron chi connectivity index (χ4n) is 8.22. The van der Waals surface area contributed by atoms with Crippen LogP contribution in [0.15, 0.2) is 67.3 Å². The van der Waals surface area contributed by atoms with Crippen LogP contribution in [0.5, 0.6) is 5.75 Å². The summed E-state index contributed by atoms with van der Waals surface area (Å²) in [5.41, 5.74) is 1.97. The minimum absolute atomic E-state index is 0.151. The lowest BCUT2D eigenvalue weighted by Crippen LogP contribution is -2.57. The molecule has 3 amide bonds. The van der Waals surface area contributed by atoms with Crippen molar-refractivity contribution in [3.63, 3.8) is 0 Å². The number of carbonyl (C=O) groups excluding carboxylic acids is 2. The molecule has 14 nitrogen and oxygen atoms in total. The van der Waals surface area contributed by atoms with E-state index in [-0.39, 0.29) is 18.5 Å². The van der Waals surface area contributed by atoms with Crippen molar-refractivity contribution in [2.24, 2.45) is 5.92 Å². The highest BCUT2D eigenvalue weighted by atomic mass is 35.5. The van der Waals surface area contributed by atoms with Crippen molar-refractivity contribution in [3.8, 4) is 11.4 Å². The molecule has 0 bridgehead atoms. The Bertz CT molecular complexity index is 1980. The largest absolute Gasteiger partial charge is 0.496 e. The standard InChI is InChI=1S/C38H43Cl2N9O5/c1-54-33-9-7-29(49-25-42-44-45-49)21-30(33)34(50)48-19-11-37(24-48,27-6-8-31(39)32(40)20-27)10-16-46-17-12-38(13-18-46,28-5-2-14-41-22-28)43-36(53)47-15-3-4-26(23-47)35(51)52/h2,5-9,14,20-22,25-26H,3-4,10-13,15-19,23-24H2,1H3,(H,43,53)(H,51,52). The Morgan fingerprint density at radius 2 is 1.81 bits per heavy atom. The first kappa shape index (κ1) is 37.5. The second-order valence-corrected chi connectivity index (χ2v) is 15.3. The number of rotatable bonds is 10. The summed E-state index contributed by atoms with van der Waals surface area (Å²) >= 11 is 13.0. The number of carbonyl (C=O) groups is 3. The lowest BCUT2D eigenvalue weighted by molar-refractivity contribution is -0.143. The number of amides is 3. The summed E-state index contributed by atoms with van der Waals surface area (Å²) in [6.45, 7) is 3.92. The quantitative estimate of drug-likeness (QED) is 0.224. The number of nitrogens with one attached hydrogen (secondary N) is 1. The van der Waals surface area contributed by atoms with E-state index in [4.69, 9.17) is 27.9 Å². The van der Waals surface area contributed by atoms with Gasteiger partial charge in [-0.1, -0.05) is 35.3 Å². The number of urea groups is 1. The second kappa shape index (κ2) is 15.9. The predicted octanol–water partition coefficient (Wildman–Crippen LogP) is 5.04. The van der Waals surface area contributed by atoms with Gasteiger partial charge in [-0.25, -0.2) is 9.48 Å². The summed E-state index contributed by atoms with van der Waals surface area (Å²) in [5, 5.41) is 25.3. The molecule has 284 valence electrons. The van der Waals surface area contributed by atoms with Crippen molar-refractivity contribution in [1.29, 1.82) is 0 Å². The van der Waals surface area contributed by atoms with E-state index in [2.05, 4.69) is 30.7 Å². The highest BCUT2D eigenvalue weighted by molar-refractivity contribution is 6.42. The van der Waals surface area contributed by atoms with Crippen LogP contribution in [0.25, 0.3) is 5.69 Å². The van der Waals surface area contributed by atoms with Gasteiger partial charge in [-0.3, -0.25) is 14.6 Å². The van der Waals surface area contributed by atoms with E-state index in [1.54, 1.807) is 36.4 Å². The van der Waals surface area contributed by atoms with E-state index < -0.39 is 22.8 Å². The molecule has 2 N–H and O–H groups in total. The smallest absolute Gasteiger partial charge is 0.318 e. The molecular formula is C38H43Cl2N9O5. The Morgan fingerprint density at radius 3 is 2.52 bits per heavy atom. The van der Waals surface area contributed by atoms with Gasteiger partial charge in [0.15, 0.2) is 0 Å². The van der Waals surface area contributed by atoms with Crippen LogP contribution in [0.4, 0.5) is 4.79 Å². The molecule has 3 fully saturated rings. The molecule has 2 atom stereocenters. The lowest BCUT2D eigenvalue weighted by Gasteiger charge is -2.44. The highest BCUT2D eigenvalue weighted by Crippen LogP contribution is 2.42. The van der Waals surface area contributed by atoms with Gasteiger partial charge in [0.2, 0.25) is 0 Å². The third kappa shape index (κ3) is 7.73. The van der Waals surface area contributed by atoms with Gasteiger partial charge in [-0.15, -0.1) is 5.10 Å². The number of aliphatic carboxylic acids is 1. The number of ether oxygens (including phenoxy) is 1. The maximum atomic E-state index is 14.2. The van der Waals surface area contributed by atoms with Gasteiger partial charge in [-0.05, 0) is 103 Å². The van der Waals surface area contributed by atoms with E-state index >= 15 is 0 Å². The average Bonchev–Trinajstić information content (AvgIpc) is 3.91. The summed E-state index contributed by atoms with van der Waals surface area (Å²) in [4.78, 5) is 49.9. The minimum atomic E-state index is -0.869. The Hall–Kier alpha value is -4.79. The molecule has 2 aromatic heterocycles. The van der Waals surface area contributed by atoms with E-state index in [1.807, 2.05) is 41.4 Å². The molecule has 3 saturated heterocycles. The number of nitrogens with zero attached hydrogens (tertiary/aromatic N) is 8. The van der Waals surface area contributed by atoms with Crippen molar-refractivity contribution in [3.05, 3.63) is 94.0 Å².